The molecule has 0 aromatic heterocycles. The third kappa shape index (κ3) is 1.96. The standard InChI is InChI=1S/C17H26O/c1-17(2)14-10-9-12(15(17)11-14)5-4-8-16(18)13-6-3-7-13/h9,13-15H,3-8,10-11H2,1-2H3. The normalized spacial score (nSPS) is 33.3. The van der Waals surface area contributed by atoms with Crippen LogP contribution in [0.4, 0.5) is 0 Å². The largest absolute Gasteiger partial charge is 0.299 e. The molecule has 2 bridgehead atoms. The monoisotopic (exact) mass is 246 g/mol. The number of fused-ring (bicyclic) bond motifs is 1. The van der Waals surface area contributed by atoms with Crippen LogP contribution in [0.25, 0.3) is 0 Å². The van der Waals surface area contributed by atoms with Gasteiger partial charge < -0.3 is 0 Å². The van der Waals surface area contributed by atoms with E-state index in [0.29, 0.717) is 17.1 Å². The summed E-state index contributed by atoms with van der Waals surface area (Å²) in [5.41, 5.74) is 2.21. The van der Waals surface area contributed by atoms with Crippen LogP contribution in [0.1, 0.15) is 65.2 Å². The van der Waals surface area contributed by atoms with Crippen LogP contribution in [0.2, 0.25) is 0 Å². The molecule has 2 atom stereocenters. The summed E-state index contributed by atoms with van der Waals surface area (Å²) in [6.07, 6.45) is 11.9. The predicted octanol–water partition coefficient (Wildman–Crippen LogP) is 4.52. The molecule has 0 heterocycles. The van der Waals surface area contributed by atoms with Gasteiger partial charge in [-0.05, 0) is 55.8 Å². The number of Topliss-reactive ketones (excluding diaryl/α,β-unsaturated/α-hetero) is 1. The van der Waals surface area contributed by atoms with Gasteiger partial charge in [-0.2, -0.15) is 0 Å². The zero-order chi connectivity index (χ0) is 12.8. The van der Waals surface area contributed by atoms with Crippen LogP contribution in [0, 0.1) is 23.2 Å². The second-order valence-corrected chi connectivity index (χ2v) is 7.27. The Morgan fingerprint density at radius 2 is 2.17 bits per heavy atom. The highest BCUT2D eigenvalue weighted by Crippen LogP contribution is 2.59. The maximum absolute atomic E-state index is 11.9. The van der Waals surface area contributed by atoms with Crippen LogP contribution in [-0.2, 0) is 4.79 Å². The molecule has 0 N–H and O–H groups in total. The molecule has 0 aromatic rings. The van der Waals surface area contributed by atoms with E-state index in [-0.39, 0.29) is 0 Å². The Labute approximate surface area is 111 Å². The summed E-state index contributed by atoms with van der Waals surface area (Å²) in [4.78, 5) is 11.9. The van der Waals surface area contributed by atoms with Crippen LogP contribution in [-0.4, -0.2) is 5.78 Å². The van der Waals surface area contributed by atoms with Crippen molar-refractivity contribution in [3.05, 3.63) is 11.6 Å². The van der Waals surface area contributed by atoms with Crippen molar-refractivity contribution in [2.75, 3.05) is 0 Å². The molecule has 0 radical (unpaired) electrons. The molecule has 100 valence electrons. The quantitative estimate of drug-likeness (QED) is 0.652. The molecule has 4 aliphatic carbocycles. The lowest BCUT2D eigenvalue weighted by molar-refractivity contribution is -0.125. The maximum atomic E-state index is 11.9. The second-order valence-electron chi connectivity index (χ2n) is 7.27. The first-order valence-electron chi connectivity index (χ1n) is 7.80. The summed E-state index contributed by atoms with van der Waals surface area (Å²) in [6, 6.07) is 0. The zero-order valence-corrected chi connectivity index (χ0v) is 11.9. The fraction of sp³-hybridized carbons (Fsp3) is 0.824. The first-order valence-corrected chi connectivity index (χ1v) is 7.80. The van der Waals surface area contributed by atoms with Crippen molar-refractivity contribution >= 4 is 5.78 Å². The van der Waals surface area contributed by atoms with Crippen LogP contribution in [0.3, 0.4) is 0 Å². The second kappa shape index (κ2) is 4.51. The topological polar surface area (TPSA) is 17.1 Å². The minimum Gasteiger partial charge on any atom is -0.299 e. The predicted molar refractivity (Wildman–Crippen MR) is 74.3 cm³/mol. The lowest BCUT2D eigenvalue weighted by Gasteiger charge is -2.56. The Balaban J connectivity index is 1.46. The third-order valence-electron chi connectivity index (χ3n) is 6.03. The van der Waals surface area contributed by atoms with Crippen molar-refractivity contribution in [2.45, 2.75) is 65.2 Å². The van der Waals surface area contributed by atoms with Crippen LogP contribution < -0.4 is 0 Å². The molecule has 0 spiro atoms. The number of rotatable bonds is 5. The maximum Gasteiger partial charge on any atom is 0.135 e. The molecule has 1 nitrogen and oxygen atoms in total. The van der Waals surface area contributed by atoms with Gasteiger partial charge in [0.1, 0.15) is 5.78 Å². The van der Waals surface area contributed by atoms with E-state index in [1.807, 2.05) is 0 Å². The summed E-state index contributed by atoms with van der Waals surface area (Å²) in [7, 11) is 0. The summed E-state index contributed by atoms with van der Waals surface area (Å²) in [5, 5.41) is 0. The smallest absolute Gasteiger partial charge is 0.135 e. The van der Waals surface area contributed by atoms with Crippen LogP contribution >= 0.6 is 0 Å². The summed E-state index contributed by atoms with van der Waals surface area (Å²) in [5.74, 6) is 2.75. The fourth-order valence-corrected chi connectivity index (χ4v) is 4.16. The van der Waals surface area contributed by atoms with E-state index in [1.54, 1.807) is 5.57 Å². The SMILES string of the molecule is CC1(C)C2CC=C(CCCC(=O)C3CCC3)C1C2. The van der Waals surface area contributed by atoms with Crippen LogP contribution in [0.5, 0.6) is 0 Å². The van der Waals surface area contributed by atoms with Crippen molar-refractivity contribution in [1.82, 2.24) is 0 Å². The molecule has 0 aliphatic heterocycles. The molecule has 2 saturated carbocycles. The van der Waals surface area contributed by atoms with Crippen molar-refractivity contribution in [1.29, 1.82) is 0 Å². The highest BCUT2D eigenvalue weighted by Gasteiger charge is 2.50. The molecule has 0 saturated heterocycles. The molecule has 18 heavy (non-hydrogen) atoms. The highest BCUT2D eigenvalue weighted by atomic mass is 16.1. The summed E-state index contributed by atoms with van der Waals surface area (Å²) < 4.78 is 0. The third-order valence-corrected chi connectivity index (χ3v) is 6.03. The Morgan fingerprint density at radius 1 is 1.39 bits per heavy atom. The van der Waals surface area contributed by atoms with E-state index in [1.165, 1.54) is 38.5 Å². The molecule has 0 amide bonds. The van der Waals surface area contributed by atoms with Gasteiger partial charge in [0.05, 0.1) is 0 Å². The first-order chi connectivity index (χ1) is 8.59. The number of hydrogen-bond acceptors (Lipinski definition) is 1. The van der Waals surface area contributed by atoms with Crippen LogP contribution in [0.15, 0.2) is 11.6 Å². The lowest BCUT2D eigenvalue weighted by atomic mass is 9.48. The summed E-state index contributed by atoms with van der Waals surface area (Å²) in [6.45, 7) is 4.86. The van der Waals surface area contributed by atoms with E-state index in [9.17, 15) is 4.79 Å². The average Bonchev–Trinajstić information content (AvgIpc) is 2.26. The lowest BCUT2D eigenvalue weighted by Crippen LogP contribution is -2.48. The van der Waals surface area contributed by atoms with E-state index in [0.717, 1.165) is 24.7 Å². The average molecular weight is 246 g/mol. The van der Waals surface area contributed by atoms with Gasteiger partial charge in [0, 0.05) is 12.3 Å². The van der Waals surface area contributed by atoms with Gasteiger partial charge in [-0.3, -0.25) is 4.79 Å². The van der Waals surface area contributed by atoms with E-state index < -0.39 is 0 Å². The van der Waals surface area contributed by atoms with Gasteiger partial charge in [0.2, 0.25) is 0 Å². The molecular weight excluding hydrogens is 220 g/mol. The number of allylic oxidation sites excluding steroid dienone is 2. The molecule has 0 aromatic carbocycles. The first kappa shape index (κ1) is 12.4. The Bertz CT molecular complexity index is 373. The van der Waals surface area contributed by atoms with Gasteiger partial charge in [0.15, 0.2) is 0 Å². The van der Waals surface area contributed by atoms with E-state index >= 15 is 0 Å². The van der Waals surface area contributed by atoms with Gasteiger partial charge in [0.25, 0.3) is 0 Å². The van der Waals surface area contributed by atoms with Crippen molar-refractivity contribution in [2.24, 2.45) is 23.2 Å². The van der Waals surface area contributed by atoms with Gasteiger partial charge in [-0.15, -0.1) is 0 Å². The number of carbonyl (C=O) groups excluding carboxylic acids is 1. The minimum absolute atomic E-state index is 0.440. The van der Waals surface area contributed by atoms with E-state index in [4.69, 9.17) is 0 Å². The minimum atomic E-state index is 0.440. The molecule has 1 heteroatoms. The van der Waals surface area contributed by atoms with Crippen molar-refractivity contribution < 1.29 is 4.79 Å². The van der Waals surface area contributed by atoms with Gasteiger partial charge >= 0.3 is 0 Å². The van der Waals surface area contributed by atoms with Gasteiger partial charge in [-0.1, -0.05) is 31.9 Å². The fourth-order valence-electron chi connectivity index (χ4n) is 4.16. The molecule has 4 aliphatic rings. The Hall–Kier alpha value is -0.590. The highest BCUT2D eigenvalue weighted by molar-refractivity contribution is 5.81. The van der Waals surface area contributed by atoms with Crippen molar-refractivity contribution in [3.63, 3.8) is 0 Å². The van der Waals surface area contributed by atoms with E-state index in [2.05, 4.69) is 19.9 Å². The molecule has 4 rings (SSSR count). The zero-order valence-electron chi connectivity index (χ0n) is 11.9. The summed E-state index contributed by atoms with van der Waals surface area (Å²) >= 11 is 0. The number of ketones is 1. The van der Waals surface area contributed by atoms with Crippen molar-refractivity contribution in [3.8, 4) is 0 Å². The Kier molecular flexibility index (Phi) is 3.11. The number of carbonyl (C=O) groups is 1. The molecule has 2 fully saturated rings. The number of hydrogen-bond donors (Lipinski definition) is 0. The Morgan fingerprint density at radius 3 is 2.72 bits per heavy atom. The molecule has 2 unspecified atom stereocenters. The molecular formula is C17H26O. The van der Waals surface area contributed by atoms with Gasteiger partial charge in [-0.25, -0.2) is 0 Å².